The minimum Gasteiger partial charge on any atom is -0.340 e. The van der Waals surface area contributed by atoms with Crippen molar-refractivity contribution in [1.29, 1.82) is 0 Å². The quantitative estimate of drug-likeness (QED) is 0.766. The van der Waals surface area contributed by atoms with Crippen molar-refractivity contribution < 1.29 is 18.0 Å². The molecule has 1 atom stereocenters. The number of amides is 2. The minimum atomic E-state index is -3.05. The second-order valence-electron chi connectivity index (χ2n) is 5.90. The van der Waals surface area contributed by atoms with Gasteiger partial charge in [0.05, 0.1) is 5.75 Å². The Morgan fingerprint density at radius 3 is 2.40 bits per heavy atom. The van der Waals surface area contributed by atoms with Gasteiger partial charge in [0.2, 0.25) is 11.8 Å². The van der Waals surface area contributed by atoms with Crippen molar-refractivity contribution in [2.45, 2.75) is 51.6 Å². The summed E-state index contributed by atoms with van der Waals surface area (Å²) in [4.78, 5) is 26.0. The molecule has 0 spiro atoms. The van der Waals surface area contributed by atoms with Crippen molar-refractivity contribution >= 4 is 21.7 Å². The molecule has 6 nitrogen and oxygen atoms in total. The monoisotopic (exact) mass is 304 g/mol. The molecule has 0 bridgehead atoms. The molecule has 1 aliphatic heterocycles. The summed E-state index contributed by atoms with van der Waals surface area (Å²) in [7, 11) is -3.05. The third-order valence-corrected chi connectivity index (χ3v) is 4.42. The molecule has 1 unspecified atom stereocenters. The van der Waals surface area contributed by atoms with Gasteiger partial charge in [-0.15, -0.1) is 0 Å². The van der Waals surface area contributed by atoms with Crippen molar-refractivity contribution in [3.63, 3.8) is 0 Å². The highest BCUT2D eigenvalue weighted by Crippen LogP contribution is 2.21. The number of hydrogen-bond acceptors (Lipinski definition) is 4. The Hall–Kier alpha value is -1.11. The molecule has 1 aliphatic rings. The summed E-state index contributed by atoms with van der Waals surface area (Å²) in [5, 5.41) is 2.73. The molecule has 7 heteroatoms. The van der Waals surface area contributed by atoms with Crippen molar-refractivity contribution in [2.24, 2.45) is 0 Å². The van der Waals surface area contributed by atoms with E-state index in [-0.39, 0.29) is 17.6 Å². The van der Waals surface area contributed by atoms with E-state index in [0.29, 0.717) is 19.4 Å². The number of carbonyl (C=O) groups excluding carboxylic acids is 2. The number of nitrogens with zero attached hydrogens (tertiary/aromatic N) is 1. The van der Waals surface area contributed by atoms with E-state index in [1.807, 2.05) is 6.92 Å². The zero-order valence-corrected chi connectivity index (χ0v) is 13.4. The average molecular weight is 304 g/mol. The van der Waals surface area contributed by atoms with Crippen LogP contribution in [-0.4, -0.2) is 55.3 Å². The van der Waals surface area contributed by atoms with Crippen molar-refractivity contribution in [2.75, 3.05) is 18.6 Å². The molecule has 1 rings (SSSR count). The number of rotatable bonds is 6. The van der Waals surface area contributed by atoms with E-state index in [1.165, 1.54) is 11.2 Å². The Labute approximate surface area is 120 Å². The Kier molecular flexibility index (Phi) is 5.18. The number of piperazine rings is 1. The molecule has 1 fully saturated rings. The normalized spacial score (nSPS) is 22.8. The van der Waals surface area contributed by atoms with Crippen LogP contribution < -0.4 is 5.32 Å². The van der Waals surface area contributed by atoms with Crippen molar-refractivity contribution in [3.8, 4) is 0 Å². The lowest BCUT2D eigenvalue weighted by molar-refractivity contribution is -0.153. The molecule has 1 heterocycles. The van der Waals surface area contributed by atoms with E-state index in [0.717, 1.165) is 6.42 Å². The smallest absolute Gasteiger partial charge is 0.248 e. The average Bonchev–Trinajstić information content (AvgIpc) is 2.28. The zero-order valence-electron chi connectivity index (χ0n) is 12.6. The highest BCUT2D eigenvalue weighted by Gasteiger charge is 2.44. The predicted octanol–water partition coefficient (Wildman–Crippen LogP) is 0.327. The minimum absolute atomic E-state index is 0.0255. The van der Waals surface area contributed by atoms with Crippen LogP contribution in [0.3, 0.4) is 0 Å². The molecule has 0 aliphatic carbocycles. The molecule has 2 amide bonds. The Balaban J connectivity index is 2.83. The first-order valence-corrected chi connectivity index (χ1v) is 8.95. The summed E-state index contributed by atoms with van der Waals surface area (Å²) < 4.78 is 22.3. The van der Waals surface area contributed by atoms with Gasteiger partial charge in [-0.3, -0.25) is 9.59 Å². The van der Waals surface area contributed by atoms with Crippen LogP contribution in [-0.2, 0) is 19.4 Å². The lowest BCUT2D eigenvalue weighted by atomic mass is 9.95. The largest absolute Gasteiger partial charge is 0.340 e. The first-order chi connectivity index (χ1) is 9.08. The van der Waals surface area contributed by atoms with Gasteiger partial charge < -0.3 is 10.2 Å². The molecule has 20 heavy (non-hydrogen) atoms. The van der Waals surface area contributed by atoms with Crippen LogP contribution >= 0.6 is 0 Å². The van der Waals surface area contributed by atoms with Crippen LogP contribution in [0.25, 0.3) is 0 Å². The van der Waals surface area contributed by atoms with Crippen LogP contribution in [0.15, 0.2) is 0 Å². The zero-order chi connectivity index (χ0) is 15.6. The molecular formula is C13H24N2O4S. The van der Waals surface area contributed by atoms with E-state index >= 15 is 0 Å². The summed E-state index contributed by atoms with van der Waals surface area (Å²) in [5.74, 6) is -0.280. The van der Waals surface area contributed by atoms with E-state index < -0.39 is 21.4 Å². The van der Waals surface area contributed by atoms with Gasteiger partial charge >= 0.3 is 0 Å². The summed E-state index contributed by atoms with van der Waals surface area (Å²) in [6.45, 7) is 5.58. The van der Waals surface area contributed by atoms with Gasteiger partial charge in [0.25, 0.3) is 0 Å². The molecule has 0 aromatic heterocycles. The Morgan fingerprint density at radius 2 is 1.90 bits per heavy atom. The fraction of sp³-hybridized carbons (Fsp3) is 0.846. The maximum Gasteiger partial charge on any atom is 0.248 e. The molecule has 116 valence electrons. The maximum atomic E-state index is 12.4. The number of nitrogens with one attached hydrogen (secondary N) is 1. The summed E-state index contributed by atoms with van der Waals surface area (Å²) in [6, 6.07) is -0.486. The molecule has 0 aromatic rings. The lowest BCUT2D eigenvalue weighted by Crippen LogP contribution is -2.68. The second-order valence-corrected chi connectivity index (χ2v) is 8.16. The summed E-state index contributed by atoms with van der Waals surface area (Å²) >= 11 is 0. The van der Waals surface area contributed by atoms with Crippen LogP contribution in [0.5, 0.6) is 0 Å². The standard InChI is InChI=1S/C13H24N2O4S/c1-5-7-10-11(16)14-13(2,3)12(17)15(10)8-6-9-20(4,18)19/h10H,5-9H2,1-4H3,(H,14,16). The predicted molar refractivity (Wildman–Crippen MR) is 77.0 cm³/mol. The Bertz CT molecular complexity index is 485. The molecule has 0 radical (unpaired) electrons. The van der Waals surface area contributed by atoms with Crippen molar-refractivity contribution in [1.82, 2.24) is 10.2 Å². The second kappa shape index (κ2) is 6.11. The van der Waals surface area contributed by atoms with E-state index in [9.17, 15) is 18.0 Å². The number of hydrogen-bond donors (Lipinski definition) is 1. The molecular weight excluding hydrogens is 280 g/mol. The molecule has 0 aromatic carbocycles. The van der Waals surface area contributed by atoms with Gasteiger partial charge in [-0.25, -0.2) is 8.42 Å². The van der Waals surface area contributed by atoms with Crippen LogP contribution in [0.4, 0.5) is 0 Å². The third-order valence-electron chi connectivity index (χ3n) is 3.39. The lowest BCUT2D eigenvalue weighted by Gasteiger charge is -2.43. The fourth-order valence-electron chi connectivity index (χ4n) is 2.40. The van der Waals surface area contributed by atoms with Crippen LogP contribution in [0, 0.1) is 0 Å². The molecule has 1 N–H and O–H groups in total. The van der Waals surface area contributed by atoms with Gasteiger partial charge in [0, 0.05) is 12.8 Å². The van der Waals surface area contributed by atoms with Gasteiger partial charge in [-0.1, -0.05) is 13.3 Å². The first kappa shape index (κ1) is 16.9. The van der Waals surface area contributed by atoms with E-state index in [1.54, 1.807) is 13.8 Å². The highest BCUT2D eigenvalue weighted by atomic mass is 32.2. The Morgan fingerprint density at radius 1 is 1.30 bits per heavy atom. The number of sulfone groups is 1. The topological polar surface area (TPSA) is 83.6 Å². The SMILES string of the molecule is CCCC1C(=O)NC(C)(C)C(=O)N1CCCS(C)(=O)=O. The van der Waals surface area contributed by atoms with Gasteiger partial charge in [-0.05, 0) is 26.7 Å². The summed E-state index contributed by atoms with van der Waals surface area (Å²) in [5.41, 5.74) is -0.924. The molecule has 0 saturated carbocycles. The first-order valence-electron chi connectivity index (χ1n) is 6.89. The van der Waals surface area contributed by atoms with Crippen LogP contribution in [0.2, 0.25) is 0 Å². The van der Waals surface area contributed by atoms with Crippen molar-refractivity contribution in [3.05, 3.63) is 0 Å². The van der Waals surface area contributed by atoms with Gasteiger partial charge in [0.15, 0.2) is 0 Å². The van der Waals surface area contributed by atoms with Crippen LogP contribution in [0.1, 0.15) is 40.0 Å². The molecule has 1 saturated heterocycles. The van der Waals surface area contributed by atoms with E-state index in [2.05, 4.69) is 5.32 Å². The third kappa shape index (κ3) is 4.19. The van der Waals surface area contributed by atoms with Gasteiger partial charge in [0.1, 0.15) is 21.4 Å². The van der Waals surface area contributed by atoms with Gasteiger partial charge in [-0.2, -0.15) is 0 Å². The summed E-state index contributed by atoms with van der Waals surface area (Å²) in [6.07, 6.45) is 2.90. The van der Waals surface area contributed by atoms with E-state index in [4.69, 9.17) is 0 Å². The fourth-order valence-corrected chi connectivity index (χ4v) is 3.06. The maximum absolute atomic E-state index is 12.4. The highest BCUT2D eigenvalue weighted by molar-refractivity contribution is 7.90. The number of carbonyl (C=O) groups is 2.